The minimum atomic E-state index is -0.596. The van der Waals surface area contributed by atoms with Crippen LogP contribution in [0.4, 0.5) is 5.69 Å². The van der Waals surface area contributed by atoms with Gasteiger partial charge in [-0.15, -0.1) is 0 Å². The van der Waals surface area contributed by atoms with Crippen LogP contribution in [-0.2, 0) is 20.7 Å². The molecular formula is C21H21Cl2NO4. The van der Waals surface area contributed by atoms with Gasteiger partial charge in [-0.1, -0.05) is 43.1 Å². The van der Waals surface area contributed by atoms with E-state index in [0.717, 1.165) is 0 Å². The topological polar surface area (TPSA) is 72.5 Å². The van der Waals surface area contributed by atoms with Gasteiger partial charge in [-0.25, -0.2) is 0 Å². The fourth-order valence-corrected chi connectivity index (χ4v) is 2.98. The van der Waals surface area contributed by atoms with Crippen LogP contribution in [0.1, 0.15) is 36.2 Å². The number of anilines is 1. The van der Waals surface area contributed by atoms with Gasteiger partial charge in [-0.2, -0.15) is 0 Å². The van der Waals surface area contributed by atoms with Gasteiger partial charge in [0.1, 0.15) is 0 Å². The van der Waals surface area contributed by atoms with Gasteiger partial charge in [0.25, 0.3) is 0 Å². The predicted molar refractivity (Wildman–Crippen MR) is 110 cm³/mol. The molecule has 0 spiro atoms. The summed E-state index contributed by atoms with van der Waals surface area (Å²) in [5.74, 6) is -0.767. The molecule has 2 aromatic rings. The summed E-state index contributed by atoms with van der Waals surface area (Å²) in [7, 11) is 0. The lowest BCUT2D eigenvalue weighted by molar-refractivity contribution is -0.141. The lowest BCUT2D eigenvalue weighted by Crippen LogP contribution is -2.16. The maximum absolute atomic E-state index is 12.2. The third kappa shape index (κ3) is 6.66. The molecule has 28 heavy (non-hydrogen) atoms. The first kappa shape index (κ1) is 21.9. The lowest BCUT2D eigenvalue weighted by Gasteiger charge is -2.09. The molecule has 0 aromatic heterocycles. The van der Waals surface area contributed by atoms with Gasteiger partial charge < -0.3 is 10.1 Å². The maximum atomic E-state index is 12.2. The third-order valence-corrected chi connectivity index (χ3v) is 4.54. The molecule has 0 saturated carbocycles. The molecular weight excluding hydrogens is 401 g/mol. The first-order valence-electron chi connectivity index (χ1n) is 8.78. The molecule has 0 aliphatic rings. The molecule has 148 valence electrons. The van der Waals surface area contributed by atoms with E-state index in [4.69, 9.17) is 27.9 Å². The van der Waals surface area contributed by atoms with Crippen molar-refractivity contribution in [3.63, 3.8) is 0 Å². The quantitative estimate of drug-likeness (QED) is 0.483. The van der Waals surface area contributed by atoms with Crippen molar-refractivity contribution in [3.8, 4) is 0 Å². The number of carbonyl (C=O) groups is 3. The van der Waals surface area contributed by atoms with Crippen molar-refractivity contribution in [2.24, 2.45) is 5.92 Å². The van der Waals surface area contributed by atoms with E-state index in [9.17, 15) is 14.4 Å². The Morgan fingerprint density at radius 3 is 2.18 bits per heavy atom. The summed E-state index contributed by atoms with van der Waals surface area (Å²) in [6.07, 6.45) is 0.304. The van der Waals surface area contributed by atoms with Crippen LogP contribution in [0.2, 0.25) is 10.0 Å². The SMILES string of the molecule is CC(C)CC(=O)Nc1ccc(C(=O)COC(=O)Cc2c(Cl)cccc2Cl)cc1. The molecule has 2 rings (SSSR count). The smallest absolute Gasteiger partial charge is 0.310 e. The number of ether oxygens (including phenoxy) is 1. The zero-order valence-corrected chi connectivity index (χ0v) is 17.1. The number of hydrogen-bond donors (Lipinski definition) is 1. The summed E-state index contributed by atoms with van der Waals surface area (Å²) in [5, 5.41) is 3.50. The van der Waals surface area contributed by atoms with E-state index in [-0.39, 0.29) is 30.6 Å². The molecule has 0 unspecified atom stereocenters. The summed E-state index contributed by atoms with van der Waals surface area (Å²) < 4.78 is 5.04. The molecule has 5 nitrogen and oxygen atoms in total. The zero-order valence-electron chi connectivity index (χ0n) is 15.6. The van der Waals surface area contributed by atoms with E-state index in [0.29, 0.717) is 33.3 Å². The van der Waals surface area contributed by atoms with Gasteiger partial charge in [0.05, 0.1) is 6.42 Å². The standard InChI is InChI=1S/C21H21Cl2NO4/c1-13(2)10-20(26)24-15-8-6-14(7-9-15)19(25)12-28-21(27)11-16-17(22)4-3-5-18(16)23/h3-9,13H,10-12H2,1-2H3,(H,24,26). The Balaban J connectivity index is 1.87. The highest BCUT2D eigenvalue weighted by Gasteiger charge is 2.14. The number of ketones is 1. The maximum Gasteiger partial charge on any atom is 0.310 e. The predicted octanol–water partition coefficient (Wildman–Crippen LogP) is 4.95. The molecule has 0 radical (unpaired) electrons. The van der Waals surface area contributed by atoms with Crippen molar-refractivity contribution in [2.75, 3.05) is 11.9 Å². The van der Waals surface area contributed by atoms with Crippen LogP contribution in [0.25, 0.3) is 0 Å². The first-order chi connectivity index (χ1) is 13.3. The number of hydrogen-bond acceptors (Lipinski definition) is 4. The Hall–Kier alpha value is -2.37. The Morgan fingerprint density at radius 2 is 1.61 bits per heavy atom. The largest absolute Gasteiger partial charge is 0.457 e. The summed E-state index contributed by atoms with van der Waals surface area (Å²) in [5.41, 5.74) is 1.45. The van der Waals surface area contributed by atoms with Crippen LogP contribution in [0.15, 0.2) is 42.5 Å². The van der Waals surface area contributed by atoms with Crippen molar-refractivity contribution in [1.29, 1.82) is 0 Å². The molecule has 0 bridgehead atoms. The van der Waals surface area contributed by atoms with Crippen LogP contribution in [0.5, 0.6) is 0 Å². The van der Waals surface area contributed by atoms with Crippen LogP contribution in [0, 0.1) is 5.92 Å². The van der Waals surface area contributed by atoms with Gasteiger partial charge >= 0.3 is 5.97 Å². The Bertz CT molecular complexity index is 843. The molecule has 0 fully saturated rings. The molecule has 0 aliphatic carbocycles. The summed E-state index contributed by atoms with van der Waals surface area (Å²) in [6, 6.07) is 11.4. The first-order valence-corrected chi connectivity index (χ1v) is 9.53. The number of halogens is 2. The average molecular weight is 422 g/mol. The van der Waals surface area contributed by atoms with Crippen LogP contribution in [0.3, 0.4) is 0 Å². The Kier molecular flexibility index (Phi) is 8.03. The van der Waals surface area contributed by atoms with E-state index >= 15 is 0 Å². The van der Waals surface area contributed by atoms with Gasteiger partial charge in [0.15, 0.2) is 12.4 Å². The summed E-state index contributed by atoms with van der Waals surface area (Å²) >= 11 is 12.0. The molecule has 0 saturated heterocycles. The van der Waals surface area contributed by atoms with Crippen LogP contribution in [-0.4, -0.2) is 24.3 Å². The molecule has 7 heteroatoms. The number of Topliss-reactive ketones (excluding diaryl/α,β-unsaturated/α-hetero) is 1. The molecule has 1 amide bonds. The minimum Gasteiger partial charge on any atom is -0.457 e. The normalized spacial score (nSPS) is 10.6. The fraction of sp³-hybridized carbons (Fsp3) is 0.286. The number of benzene rings is 2. The van der Waals surface area contributed by atoms with E-state index in [2.05, 4.69) is 5.32 Å². The van der Waals surface area contributed by atoms with Crippen molar-refractivity contribution in [2.45, 2.75) is 26.7 Å². The zero-order chi connectivity index (χ0) is 20.7. The van der Waals surface area contributed by atoms with Crippen LogP contribution < -0.4 is 5.32 Å². The highest BCUT2D eigenvalue weighted by molar-refractivity contribution is 6.36. The second-order valence-electron chi connectivity index (χ2n) is 6.68. The molecule has 0 heterocycles. The second kappa shape index (κ2) is 10.2. The highest BCUT2D eigenvalue weighted by atomic mass is 35.5. The van der Waals surface area contributed by atoms with Gasteiger partial charge in [0, 0.05) is 33.3 Å². The number of carbonyl (C=O) groups excluding carboxylic acids is 3. The Morgan fingerprint density at radius 1 is 1.00 bits per heavy atom. The van der Waals surface area contributed by atoms with E-state index < -0.39 is 5.97 Å². The average Bonchev–Trinajstić information content (AvgIpc) is 2.63. The van der Waals surface area contributed by atoms with Gasteiger partial charge in [0.2, 0.25) is 5.91 Å². The van der Waals surface area contributed by atoms with Crippen molar-refractivity contribution < 1.29 is 19.1 Å². The van der Waals surface area contributed by atoms with Crippen LogP contribution >= 0.6 is 23.2 Å². The summed E-state index contributed by atoms with van der Waals surface area (Å²) in [6.45, 7) is 3.53. The number of esters is 1. The van der Waals surface area contributed by atoms with Gasteiger partial charge in [-0.05, 0) is 42.3 Å². The molecule has 0 aliphatic heterocycles. The summed E-state index contributed by atoms with van der Waals surface area (Å²) in [4.78, 5) is 35.9. The number of nitrogens with one attached hydrogen (secondary N) is 1. The fourth-order valence-electron chi connectivity index (χ4n) is 2.45. The lowest BCUT2D eigenvalue weighted by atomic mass is 10.1. The highest BCUT2D eigenvalue weighted by Crippen LogP contribution is 2.25. The monoisotopic (exact) mass is 421 g/mol. The number of amides is 1. The third-order valence-electron chi connectivity index (χ3n) is 3.83. The van der Waals surface area contributed by atoms with Gasteiger partial charge in [-0.3, -0.25) is 14.4 Å². The molecule has 1 N–H and O–H groups in total. The van der Waals surface area contributed by atoms with E-state index in [1.807, 2.05) is 13.8 Å². The van der Waals surface area contributed by atoms with E-state index in [1.165, 1.54) is 0 Å². The van der Waals surface area contributed by atoms with E-state index in [1.54, 1.807) is 42.5 Å². The van der Waals surface area contributed by atoms with Crippen molar-refractivity contribution in [3.05, 3.63) is 63.6 Å². The molecule has 0 atom stereocenters. The second-order valence-corrected chi connectivity index (χ2v) is 7.50. The number of rotatable bonds is 8. The Labute approximate surface area is 174 Å². The van der Waals surface area contributed by atoms with Crippen molar-refractivity contribution in [1.82, 2.24) is 0 Å². The minimum absolute atomic E-state index is 0.0822. The molecule has 2 aromatic carbocycles. The van der Waals surface area contributed by atoms with Crippen molar-refractivity contribution >= 4 is 46.5 Å².